The molecule has 0 aliphatic carbocycles. The third kappa shape index (κ3) is 5.30. The quantitative estimate of drug-likeness (QED) is 0.630. The zero-order chi connectivity index (χ0) is 14.9. The van der Waals surface area contributed by atoms with Crippen molar-refractivity contribution in [3.63, 3.8) is 0 Å². The monoisotopic (exact) mass is 285 g/mol. The minimum absolute atomic E-state index is 0.683. The minimum Gasteiger partial charge on any atom is -0.357 e. The molecule has 5 nitrogen and oxygen atoms in total. The third-order valence-corrected chi connectivity index (χ3v) is 3.07. The van der Waals surface area contributed by atoms with Gasteiger partial charge in [-0.25, -0.2) is 9.98 Å². The summed E-state index contributed by atoms with van der Waals surface area (Å²) in [6, 6.07) is 8.44. The van der Waals surface area contributed by atoms with E-state index in [2.05, 4.69) is 58.7 Å². The van der Waals surface area contributed by atoms with Crippen molar-refractivity contribution < 1.29 is 0 Å². The number of imidazole rings is 1. The van der Waals surface area contributed by atoms with Crippen LogP contribution in [0.3, 0.4) is 0 Å². The minimum atomic E-state index is 0.683. The van der Waals surface area contributed by atoms with E-state index in [1.165, 1.54) is 11.1 Å². The summed E-state index contributed by atoms with van der Waals surface area (Å²) in [5.41, 5.74) is 2.49. The summed E-state index contributed by atoms with van der Waals surface area (Å²) >= 11 is 0. The van der Waals surface area contributed by atoms with Gasteiger partial charge in [-0.15, -0.1) is 0 Å². The van der Waals surface area contributed by atoms with E-state index in [1.807, 2.05) is 17.1 Å². The van der Waals surface area contributed by atoms with Gasteiger partial charge < -0.3 is 15.2 Å². The predicted octanol–water partition coefficient (Wildman–Crippen LogP) is 1.95. The van der Waals surface area contributed by atoms with E-state index in [0.29, 0.717) is 6.54 Å². The number of hydrogen-bond donors (Lipinski definition) is 2. The SMILES string of the molecule is CCNC(=NCc1cccc(C)c1)NCCn1ccnc1. The molecule has 112 valence electrons. The molecule has 0 aliphatic rings. The smallest absolute Gasteiger partial charge is 0.191 e. The van der Waals surface area contributed by atoms with Crippen molar-refractivity contribution in [1.29, 1.82) is 0 Å². The van der Waals surface area contributed by atoms with Gasteiger partial charge in [0, 0.05) is 32.0 Å². The van der Waals surface area contributed by atoms with Crippen molar-refractivity contribution >= 4 is 5.96 Å². The highest BCUT2D eigenvalue weighted by atomic mass is 15.2. The Bertz CT molecular complexity index is 560. The highest BCUT2D eigenvalue weighted by molar-refractivity contribution is 5.79. The Balaban J connectivity index is 1.86. The Hall–Kier alpha value is -2.30. The molecule has 0 saturated carbocycles. The van der Waals surface area contributed by atoms with Crippen LogP contribution < -0.4 is 10.6 Å². The average Bonchev–Trinajstić information content (AvgIpc) is 2.98. The van der Waals surface area contributed by atoms with Gasteiger partial charge in [-0.1, -0.05) is 29.8 Å². The van der Waals surface area contributed by atoms with Crippen molar-refractivity contribution in [3.8, 4) is 0 Å². The molecular weight excluding hydrogens is 262 g/mol. The van der Waals surface area contributed by atoms with Gasteiger partial charge in [-0.2, -0.15) is 0 Å². The molecule has 2 aromatic rings. The van der Waals surface area contributed by atoms with E-state index in [4.69, 9.17) is 0 Å². The fraction of sp³-hybridized carbons (Fsp3) is 0.375. The topological polar surface area (TPSA) is 54.2 Å². The Morgan fingerprint density at radius 2 is 2.24 bits per heavy atom. The highest BCUT2D eigenvalue weighted by Gasteiger charge is 1.98. The fourth-order valence-electron chi connectivity index (χ4n) is 2.04. The number of aromatic nitrogens is 2. The normalized spacial score (nSPS) is 11.4. The zero-order valence-electron chi connectivity index (χ0n) is 12.7. The predicted molar refractivity (Wildman–Crippen MR) is 86.2 cm³/mol. The molecule has 0 saturated heterocycles. The van der Waals surface area contributed by atoms with Gasteiger partial charge in [0.1, 0.15) is 0 Å². The van der Waals surface area contributed by atoms with Crippen molar-refractivity contribution in [2.24, 2.45) is 4.99 Å². The lowest BCUT2D eigenvalue weighted by Gasteiger charge is -2.11. The Kier molecular flexibility index (Phi) is 5.82. The molecule has 0 amide bonds. The molecule has 0 atom stereocenters. The molecule has 0 spiro atoms. The highest BCUT2D eigenvalue weighted by Crippen LogP contribution is 2.04. The molecule has 1 heterocycles. The molecule has 1 aromatic heterocycles. The van der Waals surface area contributed by atoms with Gasteiger partial charge in [-0.3, -0.25) is 0 Å². The summed E-state index contributed by atoms with van der Waals surface area (Å²) in [7, 11) is 0. The lowest BCUT2D eigenvalue weighted by molar-refractivity contribution is 0.662. The van der Waals surface area contributed by atoms with E-state index in [0.717, 1.165) is 25.6 Å². The molecular formula is C16H23N5. The van der Waals surface area contributed by atoms with Gasteiger partial charge in [0.05, 0.1) is 12.9 Å². The van der Waals surface area contributed by atoms with Crippen molar-refractivity contribution in [3.05, 3.63) is 54.1 Å². The molecule has 2 rings (SSSR count). The van der Waals surface area contributed by atoms with Crippen LogP contribution in [0.4, 0.5) is 0 Å². The van der Waals surface area contributed by atoms with Gasteiger partial charge >= 0.3 is 0 Å². The standard InChI is InChI=1S/C16H23N5/c1-3-18-16(19-8-10-21-9-7-17-13-21)20-12-15-6-4-5-14(2)11-15/h4-7,9,11,13H,3,8,10,12H2,1-2H3,(H2,18,19,20). The summed E-state index contributed by atoms with van der Waals surface area (Å²) in [6.07, 6.45) is 5.56. The molecule has 0 fully saturated rings. The summed E-state index contributed by atoms with van der Waals surface area (Å²) in [5, 5.41) is 6.60. The summed E-state index contributed by atoms with van der Waals surface area (Å²) in [6.45, 7) is 7.39. The molecule has 2 N–H and O–H groups in total. The molecule has 1 aromatic carbocycles. The lowest BCUT2D eigenvalue weighted by Crippen LogP contribution is -2.38. The van der Waals surface area contributed by atoms with Crippen molar-refractivity contribution in [2.45, 2.75) is 26.9 Å². The van der Waals surface area contributed by atoms with Crippen LogP contribution >= 0.6 is 0 Å². The number of rotatable bonds is 6. The second-order valence-electron chi connectivity index (χ2n) is 4.91. The number of nitrogens with one attached hydrogen (secondary N) is 2. The largest absolute Gasteiger partial charge is 0.357 e. The van der Waals surface area contributed by atoms with Crippen LogP contribution in [-0.2, 0) is 13.1 Å². The average molecular weight is 285 g/mol. The number of guanidine groups is 1. The first-order valence-corrected chi connectivity index (χ1v) is 7.31. The maximum Gasteiger partial charge on any atom is 0.191 e. The van der Waals surface area contributed by atoms with Crippen molar-refractivity contribution in [1.82, 2.24) is 20.2 Å². The molecule has 21 heavy (non-hydrogen) atoms. The summed E-state index contributed by atoms with van der Waals surface area (Å²) in [5.74, 6) is 0.846. The third-order valence-electron chi connectivity index (χ3n) is 3.07. The van der Waals surface area contributed by atoms with E-state index < -0.39 is 0 Å². The number of hydrogen-bond acceptors (Lipinski definition) is 2. The van der Waals surface area contributed by atoms with Gasteiger partial charge in [0.15, 0.2) is 5.96 Å². The zero-order valence-corrected chi connectivity index (χ0v) is 12.7. The van der Waals surface area contributed by atoms with E-state index >= 15 is 0 Å². The first-order valence-electron chi connectivity index (χ1n) is 7.31. The molecule has 0 bridgehead atoms. The van der Waals surface area contributed by atoms with E-state index in [-0.39, 0.29) is 0 Å². The van der Waals surface area contributed by atoms with Crippen LogP contribution in [0.15, 0.2) is 48.0 Å². The lowest BCUT2D eigenvalue weighted by atomic mass is 10.1. The Morgan fingerprint density at radius 3 is 2.95 bits per heavy atom. The number of aliphatic imine (C=N–C) groups is 1. The maximum atomic E-state index is 4.61. The van der Waals surface area contributed by atoms with E-state index in [9.17, 15) is 0 Å². The second-order valence-corrected chi connectivity index (χ2v) is 4.91. The Labute approximate surface area is 126 Å². The second kappa shape index (κ2) is 8.09. The summed E-state index contributed by atoms with van der Waals surface area (Å²) < 4.78 is 2.04. The maximum absolute atomic E-state index is 4.61. The van der Waals surface area contributed by atoms with Crippen LogP contribution in [0.25, 0.3) is 0 Å². The summed E-state index contributed by atoms with van der Waals surface area (Å²) in [4.78, 5) is 8.64. The van der Waals surface area contributed by atoms with Gasteiger partial charge in [0.25, 0.3) is 0 Å². The molecule has 0 radical (unpaired) electrons. The Morgan fingerprint density at radius 1 is 1.33 bits per heavy atom. The molecule has 0 aliphatic heterocycles. The first-order chi connectivity index (χ1) is 10.3. The van der Waals surface area contributed by atoms with Crippen molar-refractivity contribution in [2.75, 3.05) is 13.1 Å². The van der Waals surface area contributed by atoms with Crippen LogP contribution in [-0.4, -0.2) is 28.6 Å². The molecule has 0 unspecified atom stereocenters. The number of nitrogens with zero attached hydrogens (tertiary/aromatic N) is 3. The first kappa shape index (κ1) is 15.1. The number of benzene rings is 1. The van der Waals surface area contributed by atoms with Gasteiger partial charge in [-0.05, 0) is 19.4 Å². The van der Waals surface area contributed by atoms with Crippen LogP contribution in [0, 0.1) is 6.92 Å². The van der Waals surface area contributed by atoms with Crippen LogP contribution in [0.2, 0.25) is 0 Å². The van der Waals surface area contributed by atoms with Crippen LogP contribution in [0.5, 0.6) is 0 Å². The molecule has 5 heteroatoms. The van der Waals surface area contributed by atoms with Crippen LogP contribution in [0.1, 0.15) is 18.1 Å². The van der Waals surface area contributed by atoms with Gasteiger partial charge in [0.2, 0.25) is 0 Å². The van der Waals surface area contributed by atoms with E-state index in [1.54, 1.807) is 6.20 Å². The fourth-order valence-corrected chi connectivity index (χ4v) is 2.04. The number of aryl methyl sites for hydroxylation is 1.